The van der Waals surface area contributed by atoms with Crippen LogP contribution >= 0.6 is 23.4 Å². The highest BCUT2D eigenvalue weighted by molar-refractivity contribution is 7.98. The molecular formula is C13H21ClN4S. The Balaban J connectivity index is 2.20. The van der Waals surface area contributed by atoms with Crippen molar-refractivity contribution in [3.05, 3.63) is 29.0 Å². The normalized spacial score (nSPS) is 11.4. The fraction of sp³-hybridized carbons (Fsp3) is 0.538. The summed E-state index contributed by atoms with van der Waals surface area (Å²) >= 11 is 7.60. The summed E-state index contributed by atoms with van der Waals surface area (Å²) in [4.78, 5) is 8.24. The molecule has 0 bridgehead atoms. The van der Waals surface area contributed by atoms with E-state index in [0.717, 1.165) is 37.5 Å². The molecule has 1 heterocycles. The summed E-state index contributed by atoms with van der Waals surface area (Å²) in [5.74, 6) is 2.02. The van der Waals surface area contributed by atoms with Crippen LogP contribution in [-0.2, 0) is 6.42 Å². The fourth-order valence-electron chi connectivity index (χ4n) is 1.52. The van der Waals surface area contributed by atoms with Crippen LogP contribution in [0.2, 0.25) is 5.15 Å². The number of aliphatic imine (C=N–C) groups is 1. The molecule has 0 aliphatic rings. The lowest BCUT2D eigenvalue weighted by molar-refractivity contribution is 0.776. The van der Waals surface area contributed by atoms with Crippen LogP contribution in [0.25, 0.3) is 0 Å². The first-order valence-corrected chi connectivity index (χ1v) is 8.07. The van der Waals surface area contributed by atoms with Crippen LogP contribution in [0.15, 0.2) is 23.3 Å². The van der Waals surface area contributed by atoms with Crippen LogP contribution in [0.5, 0.6) is 0 Å². The minimum atomic E-state index is 0.531. The second kappa shape index (κ2) is 9.92. The first-order chi connectivity index (χ1) is 9.26. The van der Waals surface area contributed by atoms with E-state index < -0.39 is 0 Å². The zero-order valence-electron chi connectivity index (χ0n) is 11.4. The van der Waals surface area contributed by atoms with Gasteiger partial charge in [-0.3, -0.25) is 4.99 Å². The van der Waals surface area contributed by atoms with E-state index in [2.05, 4.69) is 26.9 Å². The molecule has 4 nitrogen and oxygen atoms in total. The molecule has 0 unspecified atom stereocenters. The minimum Gasteiger partial charge on any atom is -0.356 e. The van der Waals surface area contributed by atoms with Gasteiger partial charge in [-0.15, -0.1) is 0 Å². The largest absolute Gasteiger partial charge is 0.356 e. The maximum atomic E-state index is 5.74. The molecule has 19 heavy (non-hydrogen) atoms. The van der Waals surface area contributed by atoms with Gasteiger partial charge in [-0.25, -0.2) is 4.98 Å². The third-order valence-electron chi connectivity index (χ3n) is 2.54. The molecule has 0 aromatic carbocycles. The van der Waals surface area contributed by atoms with Crippen LogP contribution in [0.1, 0.15) is 12.0 Å². The van der Waals surface area contributed by atoms with Gasteiger partial charge in [0, 0.05) is 26.3 Å². The molecular weight excluding hydrogens is 280 g/mol. The van der Waals surface area contributed by atoms with Crippen LogP contribution < -0.4 is 10.6 Å². The predicted molar refractivity (Wildman–Crippen MR) is 85.3 cm³/mol. The van der Waals surface area contributed by atoms with Gasteiger partial charge in [-0.1, -0.05) is 17.7 Å². The SMILES string of the molecule is CN=C(NCCCSC)NCCc1ccc(Cl)nc1. The van der Waals surface area contributed by atoms with Crippen LogP contribution in [0.4, 0.5) is 0 Å². The van der Waals surface area contributed by atoms with Crippen molar-refractivity contribution in [1.82, 2.24) is 15.6 Å². The maximum absolute atomic E-state index is 5.74. The second-order valence-electron chi connectivity index (χ2n) is 4.01. The average molecular weight is 301 g/mol. The van der Waals surface area contributed by atoms with Gasteiger partial charge in [0.1, 0.15) is 5.15 Å². The average Bonchev–Trinajstić information content (AvgIpc) is 2.43. The molecule has 0 atom stereocenters. The molecule has 1 aromatic heterocycles. The summed E-state index contributed by atoms with van der Waals surface area (Å²) in [5, 5.41) is 7.10. The van der Waals surface area contributed by atoms with Crippen molar-refractivity contribution in [3.8, 4) is 0 Å². The molecule has 0 aliphatic heterocycles. The van der Waals surface area contributed by atoms with Gasteiger partial charge < -0.3 is 10.6 Å². The Morgan fingerprint density at radius 2 is 2.16 bits per heavy atom. The summed E-state index contributed by atoms with van der Waals surface area (Å²) in [5.41, 5.74) is 1.16. The zero-order valence-corrected chi connectivity index (χ0v) is 13.0. The van der Waals surface area contributed by atoms with Crippen molar-refractivity contribution >= 4 is 29.3 Å². The Bertz CT molecular complexity index is 381. The van der Waals surface area contributed by atoms with E-state index in [-0.39, 0.29) is 0 Å². The molecule has 106 valence electrons. The van der Waals surface area contributed by atoms with Gasteiger partial charge >= 0.3 is 0 Å². The Kier molecular flexibility index (Phi) is 8.41. The monoisotopic (exact) mass is 300 g/mol. The number of hydrogen-bond acceptors (Lipinski definition) is 3. The van der Waals surface area contributed by atoms with E-state index in [1.807, 2.05) is 23.9 Å². The lowest BCUT2D eigenvalue weighted by Gasteiger charge is -2.11. The standard InChI is InChI=1S/C13H21ClN4S/c1-15-13(16-7-3-9-19-2)17-8-6-11-4-5-12(14)18-10-11/h4-5,10H,3,6-9H2,1-2H3,(H2,15,16,17). The second-order valence-corrected chi connectivity index (χ2v) is 5.38. The number of nitrogens with zero attached hydrogens (tertiary/aromatic N) is 2. The van der Waals surface area contributed by atoms with E-state index in [1.54, 1.807) is 13.2 Å². The highest BCUT2D eigenvalue weighted by Crippen LogP contribution is 2.05. The van der Waals surface area contributed by atoms with Crippen LogP contribution in [0, 0.1) is 0 Å². The van der Waals surface area contributed by atoms with Gasteiger partial charge in [-0.05, 0) is 36.5 Å². The minimum absolute atomic E-state index is 0.531. The van der Waals surface area contributed by atoms with Crippen molar-refractivity contribution in [2.24, 2.45) is 4.99 Å². The highest BCUT2D eigenvalue weighted by atomic mass is 35.5. The highest BCUT2D eigenvalue weighted by Gasteiger charge is 1.98. The van der Waals surface area contributed by atoms with E-state index >= 15 is 0 Å². The number of guanidine groups is 1. The van der Waals surface area contributed by atoms with E-state index in [4.69, 9.17) is 11.6 Å². The molecule has 1 rings (SSSR count). The summed E-state index contributed by atoms with van der Waals surface area (Å²) in [6.07, 6.45) is 5.96. The predicted octanol–water partition coefficient (Wildman–Crippen LogP) is 2.20. The topological polar surface area (TPSA) is 49.3 Å². The first kappa shape index (κ1) is 16.1. The Labute approximate surface area is 124 Å². The number of aromatic nitrogens is 1. The molecule has 0 saturated heterocycles. The lowest BCUT2D eigenvalue weighted by Crippen LogP contribution is -2.38. The Morgan fingerprint density at radius 1 is 1.37 bits per heavy atom. The van der Waals surface area contributed by atoms with Gasteiger partial charge in [0.25, 0.3) is 0 Å². The Morgan fingerprint density at radius 3 is 2.79 bits per heavy atom. The molecule has 0 radical (unpaired) electrons. The molecule has 0 fully saturated rings. The van der Waals surface area contributed by atoms with Gasteiger partial charge in [0.05, 0.1) is 0 Å². The number of hydrogen-bond donors (Lipinski definition) is 2. The fourth-order valence-corrected chi connectivity index (χ4v) is 2.07. The molecule has 6 heteroatoms. The number of pyridine rings is 1. The smallest absolute Gasteiger partial charge is 0.190 e. The lowest BCUT2D eigenvalue weighted by atomic mass is 10.2. The Hall–Kier alpha value is -0.940. The number of nitrogens with one attached hydrogen (secondary N) is 2. The molecule has 0 spiro atoms. The summed E-state index contributed by atoms with van der Waals surface area (Å²) in [6, 6.07) is 3.80. The third-order valence-corrected chi connectivity index (χ3v) is 3.46. The van der Waals surface area contributed by atoms with Crippen LogP contribution in [-0.4, -0.2) is 43.1 Å². The molecule has 0 amide bonds. The van der Waals surface area contributed by atoms with Crippen molar-refractivity contribution in [3.63, 3.8) is 0 Å². The van der Waals surface area contributed by atoms with Crippen molar-refractivity contribution in [1.29, 1.82) is 0 Å². The molecule has 1 aromatic rings. The van der Waals surface area contributed by atoms with Crippen molar-refractivity contribution < 1.29 is 0 Å². The molecule has 0 aliphatic carbocycles. The number of thioether (sulfide) groups is 1. The maximum Gasteiger partial charge on any atom is 0.190 e. The third kappa shape index (κ3) is 7.28. The van der Waals surface area contributed by atoms with E-state index in [0.29, 0.717) is 5.15 Å². The van der Waals surface area contributed by atoms with Gasteiger partial charge in [0.2, 0.25) is 0 Å². The molecule has 0 saturated carbocycles. The zero-order chi connectivity index (χ0) is 13.9. The summed E-state index contributed by atoms with van der Waals surface area (Å²) < 4.78 is 0. The van der Waals surface area contributed by atoms with Gasteiger partial charge in [0.15, 0.2) is 5.96 Å². The van der Waals surface area contributed by atoms with E-state index in [9.17, 15) is 0 Å². The van der Waals surface area contributed by atoms with Gasteiger partial charge in [-0.2, -0.15) is 11.8 Å². The number of halogens is 1. The van der Waals surface area contributed by atoms with Crippen molar-refractivity contribution in [2.45, 2.75) is 12.8 Å². The first-order valence-electron chi connectivity index (χ1n) is 6.30. The number of rotatable bonds is 7. The van der Waals surface area contributed by atoms with E-state index in [1.165, 1.54) is 5.75 Å². The quantitative estimate of drug-likeness (QED) is 0.351. The molecule has 2 N–H and O–H groups in total. The van der Waals surface area contributed by atoms with Crippen LogP contribution in [0.3, 0.4) is 0 Å². The summed E-state index contributed by atoms with van der Waals surface area (Å²) in [6.45, 7) is 1.77. The summed E-state index contributed by atoms with van der Waals surface area (Å²) in [7, 11) is 1.79. The van der Waals surface area contributed by atoms with Crippen molar-refractivity contribution in [2.75, 3.05) is 32.1 Å².